The number of rotatable bonds is 7. The van der Waals surface area contributed by atoms with Crippen LogP contribution in [0.2, 0.25) is 0 Å². The van der Waals surface area contributed by atoms with Gasteiger partial charge in [0.1, 0.15) is 5.82 Å². The maximum absolute atomic E-state index is 12.5. The Hall–Kier alpha value is -3.26. The van der Waals surface area contributed by atoms with Gasteiger partial charge in [-0.15, -0.1) is 0 Å². The smallest absolute Gasteiger partial charge is 0.255 e. The predicted octanol–water partition coefficient (Wildman–Crippen LogP) is 3.49. The number of hydrogen-bond donors (Lipinski definition) is 3. The maximum atomic E-state index is 12.5. The fourth-order valence-corrected chi connectivity index (χ4v) is 3.22. The molecule has 0 aliphatic rings. The van der Waals surface area contributed by atoms with Gasteiger partial charge in [0.05, 0.1) is 0 Å². The number of aromatic nitrogens is 3. The topological polar surface area (TPSA) is 91.8 Å². The first-order valence-electron chi connectivity index (χ1n) is 9.39. The third-order valence-corrected chi connectivity index (χ3v) is 4.88. The first-order valence-corrected chi connectivity index (χ1v) is 9.79. The molecule has 0 bridgehead atoms. The van der Waals surface area contributed by atoms with Gasteiger partial charge in [0, 0.05) is 36.3 Å². The van der Waals surface area contributed by atoms with Crippen molar-refractivity contribution in [3.8, 4) is 0 Å². The first kappa shape index (κ1) is 20.5. The second-order valence-corrected chi connectivity index (χ2v) is 6.93. The molecule has 3 rings (SSSR count). The normalized spacial score (nSPS) is 10.6. The van der Waals surface area contributed by atoms with Crippen LogP contribution in [-0.2, 0) is 13.0 Å². The van der Waals surface area contributed by atoms with Crippen LogP contribution >= 0.6 is 12.2 Å². The lowest BCUT2D eigenvalue weighted by Crippen LogP contribution is -2.26. The molecule has 0 aliphatic heterocycles. The number of nitrogens with one attached hydrogen (secondary N) is 3. The molecule has 2 amide bonds. The summed E-state index contributed by atoms with van der Waals surface area (Å²) < 4.78 is 2.47. The van der Waals surface area contributed by atoms with E-state index < -0.39 is 0 Å². The largest absolute Gasteiger partial charge is 0.352 e. The van der Waals surface area contributed by atoms with E-state index in [1.54, 1.807) is 24.3 Å². The molecule has 0 saturated heterocycles. The summed E-state index contributed by atoms with van der Waals surface area (Å²) in [7, 11) is 0. The van der Waals surface area contributed by atoms with E-state index in [-0.39, 0.29) is 11.8 Å². The molecule has 3 aromatic rings. The van der Waals surface area contributed by atoms with Crippen LogP contribution in [0.4, 0.5) is 5.69 Å². The van der Waals surface area contributed by atoms with Crippen LogP contribution in [0.5, 0.6) is 0 Å². The predicted molar refractivity (Wildman–Crippen MR) is 115 cm³/mol. The lowest BCUT2D eigenvalue weighted by atomic mass is 10.1. The number of amides is 2. The lowest BCUT2D eigenvalue weighted by molar-refractivity contribution is 0.0952. The summed E-state index contributed by atoms with van der Waals surface area (Å²) in [6, 6.07) is 14.2. The average Bonchev–Trinajstić information content (AvgIpc) is 3.09. The summed E-state index contributed by atoms with van der Waals surface area (Å²) in [5.74, 6) is 0.378. The Bertz CT molecular complexity index is 1070. The van der Waals surface area contributed by atoms with Gasteiger partial charge < -0.3 is 15.2 Å². The Morgan fingerprint density at radius 3 is 2.59 bits per heavy atom. The van der Waals surface area contributed by atoms with Crippen LogP contribution in [-0.4, -0.2) is 33.1 Å². The van der Waals surface area contributed by atoms with E-state index in [4.69, 9.17) is 12.2 Å². The minimum absolute atomic E-state index is 0.211. The third-order valence-electron chi connectivity index (χ3n) is 4.57. The second kappa shape index (κ2) is 9.29. The van der Waals surface area contributed by atoms with E-state index in [0.717, 1.165) is 17.9 Å². The van der Waals surface area contributed by atoms with Gasteiger partial charge in [-0.2, -0.15) is 5.10 Å². The van der Waals surface area contributed by atoms with E-state index in [9.17, 15) is 9.59 Å². The van der Waals surface area contributed by atoms with Gasteiger partial charge in [-0.05, 0) is 55.9 Å². The molecule has 0 saturated carbocycles. The number of carbonyl (C=O) groups is 2. The molecule has 7 nitrogen and oxygen atoms in total. The molecule has 0 radical (unpaired) electrons. The Labute approximate surface area is 174 Å². The van der Waals surface area contributed by atoms with Crippen molar-refractivity contribution in [1.82, 2.24) is 20.1 Å². The molecular formula is C21H23N5O2S. The van der Waals surface area contributed by atoms with Crippen LogP contribution in [0.25, 0.3) is 0 Å². The van der Waals surface area contributed by atoms with Gasteiger partial charge in [-0.25, -0.2) is 0 Å². The molecular weight excluding hydrogens is 386 g/mol. The van der Waals surface area contributed by atoms with Crippen LogP contribution in [0, 0.1) is 11.7 Å². The zero-order valence-corrected chi connectivity index (χ0v) is 17.2. The standard InChI is InChI=1S/C21H23N5O2S/c1-3-26-18(24-25-21(26)29)11-12-22-19(27)16-10-9-14(2)17(13-16)23-20(28)15-7-5-4-6-8-15/h4-10,13H,3,11-12H2,1-2H3,(H,22,27)(H,23,28)(H,25,29). The second-order valence-electron chi connectivity index (χ2n) is 6.54. The number of aryl methyl sites for hydroxylation is 1. The fourth-order valence-electron chi connectivity index (χ4n) is 2.94. The lowest BCUT2D eigenvalue weighted by Gasteiger charge is -2.11. The minimum Gasteiger partial charge on any atom is -0.352 e. The molecule has 2 aromatic carbocycles. The quantitative estimate of drug-likeness (QED) is 0.521. The van der Waals surface area contributed by atoms with Crippen LogP contribution in [0.1, 0.15) is 39.0 Å². The molecule has 0 aliphatic carbocycles. The molecule has 1 aromatic heterocycles. The summed E-state index contributed by atoms with van der Waals surface area (Å²) in [6.07, 6.45) is 0.566. The summed E-state index contributed by atoms with van der Waals surface area (Å²) in [5, 5.41) is 12.7. The highest BCUT2D eigenvalue weighted by atomic mass is 32.1. The molecule has 0 spiro atoms. The molecule has 0 unspecified atom stereocenters. The highest BCUT2D eigenvalue weighted by Crippen LogP contribution is 2.18. The summed E-state index contributed by atoms with van der Waals surface area (Å²) in [4.78, 5) is 24.9. The summed E-state index contributed by atoms with van der Waals surface area (Å²) >= 11 is 5.17. The third kappa shape index (κ3) is 4.97. The van der Waals surface area contributed by atoms with Crippen molar-refractivity contribution < 1.29 is 9.59 Å². The van der Waals surface area contributed by atoms with E-state index in [1.165, 1.54) is 0 Å². The number of benzene rings is 2. The van der Waals surface area contributed by atoms with Gasteiger partial charge in [-0.1, -0.05) is 24.3 Å². The van der Waals surface area contributed by atoms with Gasteiger partial charge >= 0.3 is 0 Å². The van der Waals surface area contributed by atoms with E-state index in [0.29, 0.717) is 34.6 Å². The van der Waals surface area contributed by atoms with Crippen LogP contribution in [0.15, 0.2) is 48.5 Å². The number of hydrogen-bond acceptors (Lipinski definition) is 4. The Balaban J connectivity index is 1.64. The van der Waals surface area contributed by atoms with Crippen molar-refractivity contribution in [1.29, 1.82) is 0 Å². The number of aromatic amines is 1. The highest BCUT2D eigenvalue weighted by Gasteiger charge is 2.12. The average molecular weight is 410 g/mol. The molecule has 8 heteroatoms. The minimum atomic E-state index is -0.214. The van der Waals surface area contributed by atoms with E-state index in [2.05, 4.69) is 20.8 Å². The van der Waals surface area contributed by atoms with Gasteiger partial charge in [-0.3, -0.25) is 14.7 Å². The zero-order valence-electron chi connectivity index (χ0n) is 16.4. The number of carbonyl (C=O) groups excluding carboxylic acids is 2. The molecule has 0 atom stereocenters. The maximum Gasteiger partial charge on any atom is 0.255 e. The van der Waals surface area contributed by atoms with Crippen molar-refractivity contribution in [2.24, 2.45) is 0 Å². The van der Waals surface area contributed by atoms with Crippen LogP contribution in [0.3, 0.4) is 0 Å². The molecule has 0 fully saturated rings. The Morgan fingerprint density at radius 1 is 1.10 bits per heavy atom. The molecule has 3 N–H and O–H groups in total. The summed E-state index contributed by atoms with van der Waals surface area (Å²) in [6.45, 7) is 5.03. The zero-order chi connectivity index (χ0) is 20.8. The molecule has 150 valence electrons. The molecule has 29 heavy (non-hydrogen) atoms. The summed E-state index contributed by atoms with van der Waals surface area (Å²) in [5.41, 5.74) is 2.53. The van der Waals surface area contributed by atoms with Crippen molar-refractivity contribution in [2.75, 3.05) is 11.9 Å². The Kier molecular flexibility index (Phi) is 6.56. The van der Waals surface area contributed by atoms with Crippen molar-refractivity contribution in [3.63, 3.8) is 0 Å². The van der Waals surface area contributed by atoms with Crippen molar-refractivity contribution in [3.05, 3.63) is 75.8 Å². The van der Waals surface area contributed by atoms with Crippen molar-refractivity contribution >= 4 is 29.7 Å². The van der Waals surface area contributed by atoms with E-state index in [1.807, 2.05) is 42.7 Å². The van der Waals surface area contributed by atoms with Gasteiger partial charge in [0.15, 0.2) is 4.77 Å². The fraction of sp³-hybridized carbons (Fsp3) is 0.238. The first-order chi connectivity index (χ1) is 14.0. The van der Waals surface area contributed by atoms with Gasteiger partial charge in [0.2, 0.25) is 0 Å². The van der Waals surface area contributed by atoms with Crippen LogP contribution < -0.4 is 10.6 Å². The number of H-pyrrole nitrogens is 1. The number of anilines is 1. The van der Waals surface area contributed by atoms with Gasteiger partial charge in [0.25, 0.3) is 11.8 Å². The van der Waals surface area contributed by atoms with Crippen molar-refractivity contribution in [2.45, 2.75) is 26.8 Å². The highest BCUT2D eigenvalue weighted by molar-refractivity contribution is 7.71. The SMILES string of the molecule is CCn1c(CCNC(=O)c2ccc(C)c(NC(=O)c3ccccc3)c2)n[nH]c1=S. The molecule has 1 heterocycles. The van der Waals surface area contributed by atoms with E-state index >= 15 is 0 Å². The monoisotopic (exact) mass is 409 g/mol. The number of nitrogens with zero attached hydrogens (tertiary/aromatic N) is 2. The Morgan fingerprint density at radius 2 is 1.86 bits per heavy atom.